The Balaban J connectivity index is 1.80. The molecule has 0 radical (unpaired) electrons. The molecule has 2 aromatic carbocycles. The van der Waals surface area contributed by atoms with Gasteiger partial charge in [-0.2, -0.15) is 5.10 Å². The highest BCUT2D eigenvalue weighted by atomic mass is 35.5. The summed E-state index contributed by atoms with van der Waals surface area (Å²) in [4.78, 5) is 17.1. The maximum absolute atomic E-state index is 12.7. The van der Waals surface area contributed by atoms with Crippen molar-refractivity contribution in [2.75, 3.05) is 0 Å². The van der Waals surface area contributed by atoms with Gasteiger partial charge in [-0.15, -0.1) is 0 Å². The number of halogens is 1. The van der Waals surface area contributed by atoms with Crippen LogP contribution in [-0.4, -0.2) is 19.3 Å². The Bertz CT molecular complexity index is 1070. The Morgan fingerprint density at radius 3 is 2.54 bits per heavy atom. The van der Waals surface area contributed by atoms with Crippen LogP contribution in [0.3, 0.4) is 0 Å². The number of para-hydroxylation sites is 1. The molecule has 0 atom stereocenters. The number of fused-ring (bicyclic) bond motifs is 1. The molecule has 4 aromatic rings. The maximum atomic E-state index is 12.7. The molecule has 24 heavy (non-hydrogen) atoms. The molecule has 5 nitrogen and oxygen atoms in total. The van der Waals surface area contributed by atoms with Crippen molar-refractivity contribution in [2.24, 2.45) is 0 Å². The smallest absolute Gasteiger partial charge is 0.264 e. The van der Waals surface area contributed by atoms with Crippen LogP contribution in [0.5, 0.6) is 0 Å². The van der Waals surface area contributed by atoms with E-state index in [9.17, 15) is 4.79 Å². The summed E-state index contributed by atoms with van der Waals surface area (Å²) in [5.41, 5.74) is 2.14. The minimum atomic E-state index is -0.137. The van der Waals surface area contributed by atoms with Crippen LogP contribution >= 0.6 is 11.6 Å². The molecular weight excluding hydrogens is 324 g/mol. The van der Waals surface area contributed by atoms with Gasteiger partial charge in [0.1, 0.15) is 11.7 Å². The van der Waals surface area contributed by atoms with Gasteiger partial charge in [0.2, 0.25) is 0 Å². The van der Waals surface area contributed by atoms with E-state index in [1.54, 1.807) is 21.5 Å². The molecule has 0 unspecified atom stereocenters. The molecule has 0 amide bonds. The Hall–Kier alpha value is -2.92. The average molecular weight is 337 g/mol. The van der Waals surface area contributed by atoms with Crippen LogP contribution in [0.25, 0.3) is 16.7 Å². The first-order valence-corrected chi connectivity index (χ1v) is 7.84. The topological polar surface area (TPSA) is 52.7 Å². The number of hydrogen-bond donors (Lipinski definition) is 0. The fraction of sp³-hybridized carbons (Fsp3) is 0.0556. The molecule has 118 valence electrons. The quantitative estimate of drug-likeness (QED) is 0.577. The van der Waals surface area contributed by atoms with Gasteiger partial charge in [-0.05, 0) is 23.8 Å². The van der Waals surface area contributed by atoms with Gasteiger partial charge in [0.05, 0.1) is 18.4 Å². The molecule has 0 aliphatic rings. The highest BCUT2D eigenvalue weighted by molar-refractivity contribution is 6.31. The van der Waals surface area contributed by atoms with E-state index in [1.807, 2.05) is 48.5 Å². The SMILES string of the molecule is O=c1c2cnn(-c3ccccc3)c2ncn1Cc1ccccc1Cl. The lowest BCUT2D eigenvalue weighted by Gasteiger charge is -2.07. The van der Waals surface area contributed by atoms with Gasteiger partial charge in [0, 0.05) is 5.02 Å². The lowest BCUT2D eigenvalue weighted by Crippen LogP contribution is -2.21. The molecule has 6 heteroatoms. The summed E-state index contributed by atoms with van der Waals surface area (Å²) >= 11 is 6.18. The summed E-state index contributed by atoms with van der Waals surface area (Å²) in [5.74, 6) is 0. The van der Waals surface area contributed by atoms with E-state index in [1.165, 1.54) is 6.33 Å². The molecule has 0 saturated carbocycles. The van der Waals surface area contributed by atoms with Crippen LogP contribution in [0.1, 0.15) is 5.56 Å². The van der Waals surface area contributed by atoms with Gasteiger partial charge in [-0.3, -0.25) is 9.36 Å². The molecular formula is C18H13ClN4O. The third-order valence-corrected chi connectivity index (χ3v) is 4.22. The number of aromatic nitrogens is 4. The van der Waals surface area contributed by atoms with Crippen LogP contribution in [0, 0.1) is 0 Å². The fourth-order valence-electron chi connectivity index (χ4n) is 2.63. The van der Waals surface area contributed by atoms with E-state index in [4.69, 9.17) is 11.6 Å². The standard InChI is InChI=1S/C18H13ClN4O/c19-16-9-5-4-6-13(16)11-22-12-20-17-15(18(22)24)10-21-23(17)14-7-2-1-3-8-14/h1-10,12H,11H2. The zero-order valence-electron chi connectivity index (χ0n) is 12.6. The average Bonchev–Trinajstić information content (AvgIpc) is 3.05. The molecule has 0 saturated heterocycles. The second-order valence-corrected chi connectivity index (χ2v) is 5.81. The molecule has 0 spiro atoms. The van der Waals surface area contributed by atoms with Crippen molar-refractivity contribution in [1.82, 2.24) is 19.3 Å². The summed E-state index contributed by atoms with van der Waals surface area (Å²) in [7, 11) is 0. The maximum Gasteiger partial charge on any atom is 0.264 e. The largest absolute Gasteiger partial charge is 0.294 e. The second kappa shape index (κ2) is 5.94. The van der Waals surface area contributed by atoms with E-state index in [0.29, 0.717) is 22.6 Å². The molecule has 0 N–H and O–H groups in total. The minimum absolute atomic E-state index is 0.137. The first-order valence-electron chi connectivity index (χ1n) is 7.46. The molecule has 2 aromatic heterocycles. The van der Waals surface area contributed by atoms with E-state index in [0.717, 1.165) is 11.3 Å². The lowest BCUT2D eigenvalue weighted by atomic mass is 10.2. The van der Waals surface area contributed by atoms with Crippen LogP contribution in [0.15, 0.2) is 71.9 Å². The molecule has 4 rings (SSSR count). The van der Waals surface area contributed by atoms with Crippen LogP contribution in [-0.2, 0) is 6.54 Å². The predicted molar refractivity (Wildman–Crippen MR) is 93.7 cm³/mol. The third-order valence-electron chi connectivity index (χ3n) is 3.85. The van der Waals surface area contributed by atoms with Crippen LogP contribution < -0.4 is 5.56 Å². The number of nitrogens with zero attached hydrogens (tertiary/aromatic N) is 4. The van der Waals surface area contributed by atoms with Crippen molar-refractivity contribution in [3.8, 4) is 5.69 Å². The van der Waals surface area contributed by atoms with Gasteiger partial charge in [0.15, 0.2) is 5.65 Å². The van der Waals surface area contributed by atoms with Crippen molar-refractivity contribution in [3.63, 3.8) is 0 Å². The monoisotopic (exact) mass is 336 g/mol. The molecule has 0 aliphatic carbocycles. The first-order chi connectivity index (χ1) is 11.7. The number of hydrogen-bond acceptors (Lipinski definition) is 3. The van der Waals surface area contributed by atoms with Crippen LogP contribution in [0.4, 0.5) is 0 Å². The summed E-state index contributed by atoms with van der Waals surface area (Å²) in [6, 6.07) is 17.1. The second-order valence-electron chi connectivity index (χ2n) is 5.40. The minimum Gasteiger partial charge on any atom is -0.294 e. The number of rotatable bonds is 3. The Morgan fingerprint density at radius 1 is 1.00 bits per heavy atom. The zero-order chi connectivity index (χ0) is 16.5. The van der Waals surface area contributed by atoms with Crippen molar-refractivity contribution in [3.05, 3.63) is 88.1 Å². The lowest BCUT2D eigenvalue weighted by molar-refractivity contribution is 0.745. The normalized spacial score (nSPS) is 11.0. The van der Waals surface area contributed by atoms with Gasteiger partial charge in [-0.1, -0.05) is 48.0 Å². The summed E-state index contributed by atoms with van der Waals surface area (Å²) in [6.07, 6.45) is 3.09. The Kier molecular flexibility index (Phi) is 3.63. The van der Waals surface area contributed by atoms with E-state index in [2.05, 4.69) is 10.1 Å². The van der Waals surface area contributed by atoms with Gasteiger partial charge in [0.25, 0.3) is 5.56 Å². The molecule has 0 bridgehead atoms. The predicted octanol–water partition coefficient (Wildman–Crippen LogP) is 3.28. The molecule has 2 heterocycles. The third kappa shape index (κ3) is 2.49. The van der Waals surface area contributed by atoms with Crippen molar-refractivity contribution >= 4 is 22.6 Å². The highest BCUT2D eigenvalue weighted by Crippen LogP contribution is 2.17. The van der Waals surface area contributed by atoms with Crippen LogP contribution in [0.2, 0.25) is 5.02 Å². The fourth-order valence-corrected chi connectivity index (χ4v) is 2.83. The van der Waals surface area contributed by atoms with Gasteiger partial charge >= 0.3 is 0 Å². The number of benzene rings is 2. The van der Waals surface area contributed by atoms with Crippen molar-refractivity contribution < 1.29 is 0 Å². The first kappa shape index (κ1) is 14.7. The summed E-state index contributed by atoms with van der Waals surface area (Å²) in [6.45, 7) is 0.373. The van der Waals surface area contributed by atoms with E-state index >= 15 is 0 Å². The van der Waals surface area contributed by atoms with Crippen molar-refractivity contribution in [1.29, 1.82) is 0 Å². The Morgan fingerprint density at radius 2 is 1.75 bits per heavy atom. The van der Waals surface area contributed by atoms with Crippen molar-refractivity contribution in [2.45, 2.75) is 6.54 Å². The zero-order valence-corrected chi connectivity index (χ0v) is 13.4. The molecule has 0 aliphatic heterocycles. The van der Waals surface area contributed by atoms with E-state index in [-0.39, 0.29) is 5.56 Å². The summed E-state index contributed by atoms with van der Waals surface area (Å²) in [5, 5.41) is 5.42. The molecule has 0 fully saturated rings. The van der Waals surface area contributed by atoms with Gasteiger partial charge < -0.3 is 0 Å². The highest BCUT2D eigenvalue weighted by Gasteiger charge is 2.12. The summed E-state index contributed by atoms with van der Waals surface area (Å²) < 4.78 is 3.21. The van der Waals surface area contributed by atoms with Gasteiger partial charge in [-0.25, -0.2) is 9.67 Å². The van der Waals surface area contributed by atoms with E-state index < -0.39 is 0 Å². The Labute approximate surface area is 142 Å².